The zero-order valence-electron chi connectivity index (χ0n) is 9.66. The molecule has 0 spiro atoms. The standard InChI is InChI=1S/C12H15N3O/c1-12(2,3)14-11(16)8-5-4-6-10-9(8)7-13-15-10/h4-7H,1-3H3,(H,13,15)(H,14,16). The lowest BCUT2D eigenvalue weighted by atomic mass is 10.1. The van der Waals surface area contributed by atoms with E-state index < -0.39 is 0 Å². The highest BCUT2D eigenvalue weighted by Gasteiger charge is 2.17. The molecule has 2 aromatic rings. The Labute approximate surface area is 94.0 Å². The van der Waals surface area contributed by atoms with E-state index in [0.717, 1.165) is 10.9 Å². The number of fused-ring (bicyclic) bond motifs is 1. The molecule has 0 unspecified atom stereocenters. The normalized spacial score (nSPS) is 11.7. The Hall–Kier alpha value is -1.84. The predicted octanol–water partition coefficient (Wildman–Crippen LogP) is 2.09. The highest BCUT2D eigenvalue weighted by Crippen LogP contribution is 2.16. The second-order valence-corrected chi connectivity index (χ2v) is 4.84. The summed E-state index contributed by atoms with van der Waals surface area (Å²) in [6, 6.07) is 5.55. The Kier molecular flexibility index (Phi) is 2.42. The Morgan fingerprint density at radius 3 is 2.81 bits per heavy atom. The number of hydrogen-bond acceptors (Lipinski definition) is 2. The summed E-state index contributed by atoms with van der Waals surface area (Å²) >= 11 is 0. The molecule has 0 aliphatic carbocycles. The molecule has 0 bridgehead atoms. The molecule has 4 nitrogen and oxygen atoms in total. The van der Waals surface area contributed by atoms with E-state index in [9.17, 15) is 4.79 Å². The average molecular weight is 217 g/mol. The summed E-state index contributed by atoms with van der Waals surface area (Å²) in [5.74, 6) is -0.0699. The van der Waals surface area contributed by atoms with Crippen LogP contribution in [-0.2, 0) is 0 Å². The Morgan fingerprint density at radius 2 is 2.12 bits per heavy atom. The van der Waals surface area contributed by atoms with Crippen molar-refractivity contribution in [1.29, 1.82) is 0 Å². The fourth-order valence-corrected chi connectivity index (χ4v) is 1.57. The lowest BCUT2D eigenvalue weighted by Crippen LogP contribution is -2.40. The van der Waals surface area contributed by atoms with E-state index in [4.69, 9.17) is 0 Å². The van der Waals surface area contributed by atoms with Crippen LogP contribution >= 0.6 is 0 Å². The van der Waals surface area contributed by atoms with Crippen molar-refractivity contribution in [3.05, 3.63) is 30.0 Å². The van der Waals surface area contributed by atoms with E-state index in [2.05, 4.69) is 15.5 Å². The van der Waals surface area contributed by atoms with Crippen LogP contribution in [0.2, 0.25) is 0 Å². The van der Waals surface area contributed by atoms with Crippen LogP contribution in [0.5, 0.6) is 0 Å². The Balaban J connectivity index is 2.40. The van der Waals surface area contributed by atoms with Gasteiger partial charge in [0.05, 0.1) is 17.3 Å². The lowest BCUT2D eigenvalue weighted by Gasteiger charge is -2.20. The number of aromatic amines is 1. The third kappa shape index (κ3) is 2.05. The molecule has 1 aromatic carbocycles. The second-order valence-electron chi connectivity index (χ2n) is 4.84. The van der Waals surface area contributed by atoms with Crippen molar-refractivity contribution in [1.82, 2.24) is 15.5 Å². The molecular formula is C12H15N3O. The second kappa shape index (κ2) is 3.63. The van der Waals surface area contributed by atoms with Gasteiger partial charge in [-0.05, 0) is 32.9 Å². The first-order valence-electron chi connectivity index (χ1n) is 5.22. The van der Waals surface area contributed by atoms with Crippen molar-refractivity contribution >= 4 is 16.8 Å². The molecule has 2 rings (SSSR count). The number of carbonyl (C=O) groups is 1. The molecule has 0 radical (unpaired) electrons. The minimum Gasteiger partial charge on any atom is -0.347 e. The number of nitrogens with one attached hydrogen (secondary N) is 2. The van der Waals surface area contributed by atoms with Crippen LogP contribution in [0.1, 0.15) is 31.1 Å². The lowest BCUT2D eigenvalue weighted by molar-refractivity contribution is 0.0921. The maximum atomic E-state index is 12.0. The molecular weight excluding hydrogens is 202 g/mol. The molecule has 16 heavy (non-hydrogen) atoms. The Morgan fingerprint density at radius 1 is 1.38 bits per heavy atom. The van der Waals surface area contributed by atoms with Gasteiger partial charge < -0.3 is 5.32 Å². The highest BCUT2D eigenvalue weighted by atomic mass is 16.1. The van der Waals surface area contributed by atoms with E-state index >= 15 is 0 Å². The summed E-state index contributed by atoms with van der Waals surface area (Å²) < 4.78 is 0. The fourth-order valence-electron chi connectivity index (χ4n) is 1.57. The zero-order valence-corrected chi connectivity index (χ0v) is 9.66. The molecule has 2 N–H and O–H groups in total. The number of aromatic nitrogens is 2. The average Bonchev–Trinajstić information content (AvgIpc) is 2.61. The van der Waals surface area contributed by atoms with Crippen molar-refractivity contribution in [3.63, 3.8) is 0 Å². The van der Waals surface area contributed by atoms with Crippen LogP contribution in [0.15, 0.2) is 24.4 Å². The number of amides is 1. The summed E-state index contributed by atoms with van der Waals surface area (Å²) in [4.78, 5) is 12.0. The molecule has 0 aliphatic heterocycles. The summed E-state index contributed by atoms with van der Waals surface area (Å²) in [6.07, 6.45) is 1.67. The van der Waals surface area contributed by atoms with E-state index in [1.54, 1.807) is 12.3 Å². The molecule has 1 heterocycles. The van der Waals surface area contributed by atoms with Crippen LogP contribution < -0.4 is 5.32 Å². The van der Waals surface area contributed by atoms with Crippen molar-refractivity contribution < 1.29 is 4.79 Å². The molecule has 0 saturated heterocycles. The molecule has 0 fully saturated rings. The maximum Gasteiger partial charge on any atom is 0.252 e. The van der Waals surface area contributed by atoms with E-state index in [1.165, 1.54) is 0 Å². The quantitative estimate of drug-likeness (QED) is 0.768. The van der Waals surface area contributed by atoms with Crippen LogP contribution in [0.25, 0.3) is 10.9 Å². The number of nitrogens with zero attached hydrogens (tertiary/aromatic N) is 1. The van der Waals surface area contributed by atoms with Gasteiger partial charge in [-0.15, -0.1) is 0 Å². The predicted molar refractivity (Wildman–Crippen MR) is 63.3 cm³/mol. The number of benzene rings is 1. The van der Waals surface area contributed by atoms with Crippen molar-refractivity contribution in [2.45, 2.75) is 26.3 Å². The monoisotopic (exact) mass is 217 g/mol. The number of rotatable bonds is 1. The Bertz CT molecular complexity index is 522. The van der Waals surface area contributed by atoms with Crippen LogP contribution in [0, 0.1) is 0 Å². The summed E-state index contributed by atoms with van der Waals surface area (Å²) in [5, 5.41) is 10.6. The molecule has 0 atom stereocenters. The van der Waals surface area contributed by atoms with Crippen molar-refractivity contribution in [2.75, 3.05) is 0 Å². The number of hydrogen-bond donors (Lipinski definition) is 2. The third-order valence-corrected chi connectivity index (χ3v) is 2.22. The zero-order chi connectivity index (χ0) is 11.8. The molecule has 1 aromatic heterocycles. The minimum absolute atomic E-state index is 0.0699. The SMILES string of the molecule is CC(C)(C)NC(=O)c1cccc2[nH]ncc12. The smallest absolute Gasteiger partial charge is 0.252 e. The van der Waals surface area contributed by atoms with Crippen LogP contribution in [0.3, 0.4) is 0 Å². The van der Waals surface area contributed by atoms with Crippen LogP contribution in [0.4, 0.5) is 0 Å². The highest BCUT2D eigenvalue weighted by molar-refractivity contribution is 6.06. The molecule has 0 aliphatic rings. The van der Waals surface area contributed by atoms with Crippen molar-refractivity contribution in [3.8, 4) is 0 Å². The third-order valence-electron chi connectivity index (χ3n) is 2.22. The van der Waals surface area contributed by atoms with E-state index in [1.807, 2.05) is 32.9 Å². The van der Waals surface area contributed by atoms with Gasteiger partial charge in [0.15, 0.2) is 0 Å². The largest absolute Gasteiger partial charge is 0.347 e. The van der Waals surface area contributed by atoms with Crippen LogP contribution in [-0.4, -0.2) is 21.6 Å². The first kappa shape index (κ1) is 10.7. The summed E-state index contributed by atoms with van der Waals surface area (Å²) in [5.41, 5.74) is 1.30. The van der Waals surface area contributed by atoms with Crippen molar-refractivity contribution in [2.24, 2.45) is 0 Å². The number of carbonyl (C=O) groups excluding carboxylic acids is 1. The first-order chi connectivity index (χ1) is 7.47. The molecule has 4 heteroatoms. The van der Waals surface area contributed by atoms with Gasteiger partial charge >= 0.3 is 0 Å². The first-order valence-corrected chi connectivity index (χ1v) is 5.22. The summed E-state index contributed by atoms with van der Waals surface area (Å²) in [7, 11) is 0. The van der Waals surface area contributed by atoms with Gasteiger partial charge in [-0.3, -0.25) is 9.89 Å². The summed E-state index contributed by atoms with van der Waals surface area (Å²) in [6.45, 7) is 5.88. The van der Waals surface area contributed by atoms with Gasteiger partial charge in [-0.1, -0.05) is 6.07 Å². The van der Waals surface area contributed by atoms with E-state index in [-0.39, 0.29) is 11.4 Å². The van der Waals surface area contributed by atoms with Gasteiger partial charge in [-0.2, -0.15) is 5.10 Å². The molecule has 1 amide bonds. The maximum absolute atomic E-state index is 12.0. The van der Waals surface area contributed by atoms with Gasteiger partial charge in [0.25, 0.3) is 5.91 Å². The van der Waals surface area contributed by atoms with E-state index in [0.29, 0.717) is 5.56 Å². The van der Waals surface area contributed by atoms with Gasteiger partial charge in [0, 0.05) is 10.9 Å². The topological polar surface area (TPSA) is 57.8 Å². The minimum atomic E-state index is -0.233. The van der Waals surface area contributed by atoms with Gasteiger partial charge in [-0.25, -0.2) is 0 Å². The van der Waals surface area contributed by atoms with Gasteiger partial charge in [0.2, 0.25) is 0 Å². The van der Waals surface area contributed by atoms with Gasteiger partial charge in [0.1, 0.15) is 0 Å². The molecule has 0 saturated carbocycles. The molecule has 84 valence electrons. The number of H-pyrrole nitrogens is 1. The fraction of sp³-hybridized carbons (Fsp3) is 0.333.